The van der Waals surface area contributed by atoms with Gasteiger partial charge in [-0.3, -0.25) is 14.4 Å². The molecule has 0 spiro atoms. The highest BCUT2D eigenvalue weighted by molar-refractivity contribution is 8.00. The van der Waals surface area contributed by atoms with Crippen molar-refractivity contribution in [1.82, 2.24) is 10.3 Å². The minimum absolute atomic E-state index is 0.00733. The fourth-order valence-corrected chi connectivity index (χ4v) is 6.13. The Kier molecular flexibility index (Phi) is 12.6. The summed E-state index contributed by atoms with van der Waals surface area (Å²) in [5, 5.41) is 7.75. The molecule has 1 amide bonds. The number of fused-ring (bicyclic) bond motifs is 1. The summed E-state index contributed by atoms with van der Waals surface area (Å²) >= 11 is 1.62. The molecule has 44 heavy (non-hydrogen) atoms. The van der Waals surface area contributed by atoms with Crippen molar-refractivity contribution in [3.63, 3.8) is 0 Å². The van der Waals surface area contributed by atoms with E-state index in [-0.39, 0.29) is 41.6 Å². The summed E-state index contributed by atoms with van der Waals surface area (Å²) in [6.07, 6.45) is 1.42. The Balaban J connectivity index is 1.85. The van der Waals surface area contributed by atoms with Gasteiger partial charge in [-0.1, -0.05) is 74.4 Å². The smallest absolute Gasteiger partial charge is 0.224 e. The monoisotopic (exact) mass is 618 g/mol. The number of benzene rings is 2. The van der Waals surface area contributed by atoms with E-state index < -0.39 is 23.4 Å². The first-order valence-corrected chi connectivity index (χ1v) is 16.2. The summed E-state index contributed by atoms with van der Waals surface area (Å²) in [5.74, 6) is -1.22. The molecule has 0 aliphatic heterocycles. The van der Waals surface area contributed by atoms with Crippen molar-refractivity contribution in [2.24, 2.45) is 22.7 Å². The van der Waals surface area contributed by atoms with Gasteiger partial charge in [0.15, 0.2) is 5.78 Å². The Bertz CT molecular complexity index is 1420. The molecule has 2 aromatic carbocycles. The molecule has 1 heterocycles. The van der Waals surface area contributed by atoms with Gasteiger partial charge in [0.2, 0.25) is 5.91 Å². The molecule has 10 heteroatoms. The van der Waals surface area contributed by atoms with E-state index in [1.807, 2.05) is 74.5 Å². The normalized spacial score (nSPS) is 14.0. The molecule has 1 aromatic heterocycles. The number of Topliss-reactive ketones (excluding diaryl/α,β-unsaturated/α-hetero) is 2. The number of rotatable bonds is 17. The van der Waals surface area contributed by atoms with Crippen molar-refractivity contribution in [3.8, 4) is 0 Å². The lowest BCUT2D eigenvalue weighted by Gasteiger charge is -2.36. The molecular weight excluding hydrogens is 572 g/mol. The molecule has 3 atom stereocenters. The van der Waals surface area contributed by atoms with Crippen LogP contribution in [0.2, 0.25) is 0 Å². The number of aromatic nitrogens is 1. The summed E-state index contributed by atoms with van der Waals surface area (Å²) in [6.45, 7) is 10.2. The number of nitrogens with one attached hydrogen (secondary N) is 2. The fourth-order valence-electron chi connectivity index (χ4n) is 5.26. The quantitative estimate of drug-likeness (QED) is 0.0677. The van der Waals surface area contributed by atoms with Crippen LogP contribution in [0.1, 0.15) is 65.1 Å². The second-order valence-electron chi connectivity index (χ2n) is 13.0. The first-order chi connectivity index (χ1) is 20.8. The van der Waals surface area contributed by atoms with Gasteiger partial charge in [0.05, 0.1) is 12.0 Å². The zero-order valence-corrected chi connectivity index (χ0v) is 27.3. The fraction of sp³-hybridized carbons (Fsp3) is 0.500. The van der Waals surface area contributed by atoms with Crippen LogP contribution in [0.4, 0.5) is 0 Å². The lowest BCUT2D eigenvalue weighted by molar-refractivity contribution is -0.133. The molecule has 3 rings (SSSR count). The molecule has 0 bridgehead atoms. The average molecular weight is 619 g/mol. The number of nitrogens with two attached hydrogens (primary N) is 1. The minimum atomic E-state index is -0.922. The maximum atomic E-state index is 14.0. The molecule has 0 saturated heterocycles. The molecule has 4 N–H and O–H groups in total. The number of H-pyrrole nitrogens is 1. The number of hydrogen-bond acceptors (Lipinski definition) is 6. The topological polar surface area (TPSA) is 154 Å². The van der Waals surface area contributed by atoms with Gasteiger partial charge in [-0.05, 0) is 61.7 Å². The van der Waals surface area contributed by atoms with Crippen LogP contribution in [0.15, 0.2) is 65.8 Å². The Morgan fingerprint density at radius 3 is 2.34 bits per heavy atom. The van der Waals surface area contributed by atoms with Crippen molar-refractivity contribution < 1.29 is 14.4 Å². The predicted octanol–water partition coefficient (Wildman–Crippen LogP) is 6.56. The lowest BCUT2D eigenvalue weighted by atomic mass is 9.78. The Morgan fingerprint density at radius 2 is 1.68 bits per heavy atom. The summed E-state index contributed by atoms with van der Waals surface area (Å²) in [5.41, 5.74) is 16.8. The van der Waals surface area contributed by atoms with E-state index >= 15 is 0 Å². The number of thioether (sulfide) groups is 1. The number of ketones is 2. The van der Waals surface area contributed by atoms with Gasteiger partial charge in [0.1, 0.15) is 5.78 Å². The third-order valence-corrected chi connectivity index (χ3v) is 9.10. The summed E-state index contributed by atoms with van der Waals surface area (Å²) in [6, 6.07) is 18.9. The number of para-hydroxylation sites is 1. The maximum Gasteiger partial charge on any atom is 0.224 e. The van der Waals surface area contributed by atoms with Crippen LogP contribution in [0, 0.1) is 11.8 Å². The maximum absolute atomic E-state index is 14.0. The standard InChI is InChI=1S/C34H46N6O3S/c1-33(2,3)44-22-28(35)31(42)21-25(20-26-19-24-14-9-10-15-29(24)38-26)32(43)39-34(4,5)27(18-23-12-7-6-8-13-23)30(41)16-11-17-37-40-36/h6-10,12-15,19,25,27-28,38H,11,16-18,20-22,35H2,1-5H3,(H,39,43)/t25-,27+,28+/m1/s1. The van der Waals surface area contributed by atoms with Gasteiger partial charge in [0.25, 0.3) is 0 Å². The van der Waals surface area contributed by atoms with E-state index in [4.69, 9.17) is 11.3 Å². The molecule has 0 radical (unpaired) electrons. The van der Waals surface area contributed by atoms with Gasteiger partial charge < -0.3 is 16.0 Å². The lowest BCUT2D eigenvalue weighted by Crippen LogP contribution is -2.54. The zero-order valence-electron chi connectivity index (χ0n) is 26.5. The van der Waals surface area contributed by atoms with Crippen molar-refractivity contribution in [1.29, 1.82) is 0 Å². The third-order valence-electron chi connectivity index (χ3n) is 7.71. The van der Waals surface area contributed by atoms with Crippen LogP contribution in [0.25, 0.3) is 21.3 Å². The van der Waals surface area contributed by atoms with Gasteiger partial charge in [-0.25, -0.2) is 0 Å². The number of amides is 1. The van der Waals surface area contributed by atoms with E-state index in [0.717, 1.165) is 22.2 Å². The molecule has 236 valence electrons. The Labute approximate surface area is 264 Å². The molecule has 0 unspecified atom stereocenters. The number of hydrogen-bond donors (Lipinski definition) is 3. The second-order valence-corrected chi connectivity index (χ2v) is 14.8. The van der Waals surface area contributed by atoms with Crippen LogP contribution in [0.5, 0.6) is 0 Å². The molecule has 0 saturated carbocycles. The highest BCUT2D eigenvalue weighted by atomic mass is 32.2. The van der Waals surface area contributed by atoms with E-state index in [9.17, 15) is 14.4 Å². The highest BCUT2D eigenvalue weighted by Gasteiger charge is 2.38. The van der Waals surface area contributed by atoms with Crippen LogP contribution in [0.3, 0.4) is 0 Å². The minimum Gasteiger partial charge on any atom is -0.358 e. The molecule has 0 aliphatic carbocycles. The van der Waals surface area contributed by atoms with Gasteiger partial charge in [-0.15, -0.1) is 0 Å². The zero-order chi connectivity index (χ0) is 32.3. The van der Waals surface area contributed by atoms with Crippen LogP contribution >= 0.6 is 11.8 Å². The number of carbonyl (C=O) groups is 3. The SMILES string of the molecule is CC(C)(C)SC[C@H](N)C(=O)C[C@@H](Cc1cc2ccccc2[nH]1)C(=O)NC(C)(C)[C@@H](Cc1ccccc1)C(=O)CCCN=[N+]=[N-]. The predicted molar refractivity (Wildman–Crippen MR) is 179 cm³/mol. The molecule has 3 aromatic rings. The van der Waals surface area contributed by atoms with Crippen LogP contribution in [-0.2, 0) is 27.2 Å². The molecular formula is C34H46N6O3S. The Morgan fingerprint density at radius 1 is 1.00 bits per heavy atom. The van der Waals surface area contributed by atoms with Crippen molar-refractivity contribution in [2.45, 2.75) is 83.1 Å². The summed E-state index contributed by atoms with van der Waals surface area (Å²) < 4.78 is -0.0374. The molecule has 0 fully saturated rings. The second kappa shape index (κ2) is 15.9. The van der Waals surface area contributed by atoms with Crippen molar-refractivity contribution in [3.05, 3.63) is 82.4 Å². The number of nitrogens with zero attached hydrogens (tertiary/aromatic N) is 3. The van der Waals surface area contributed by atoms with Crippen molar-refractivity contribution in [2.75, 3.05) is 12.3 Å². The molecule has 9 nitrogen and oxygen atoms in total. The van der Waals surface area contributed by atoms with Crippen LogP contribution < -0.4 is 11.1 Å². The summed E-state index contributed by atoms with van der Waals surface area (Å²) in [4.78, 5) is 47.1. The van der Waals surface area contributed by atoms with Gasteiger partial charge in [-0.2, -0.15) is 11.8 Å². The van der Waals surface area contributed by atoms with Gasteiger partial charge in [0, 0.05) is 57.5 Å². The largest absolute Gasteiger partial charge is 0.358 e. The van der Waals surface area contributed by atoms with Crippen molar-refractivity contribution >= 4 is 40.1 Å². The molecule has 0 aliphatic rings. The average Bonchev–Trinajstić information content (AvgIpc) is 3.38. The summed E-state index contributed by atoms with van der Waals surface area (Å²) in [7, 11) is 0. The first kappa shape index (κ1) is 34.9. The number of carbonyl (C=O) groups excluding carboxylic acids is 3. The van der Waals surface area contributed by atoms with E-state index in [1.54, 1.807) is 11.8 Å². The van der Waals surface area contributed by atoms with E-state index in [2.05, 4.69) is 41.1 Å². The van der Waals surface area contributed by atoms with Crippen LogP contribution in [-0.4, -0.2) is 51.1 Å². The third kappa shape index (κ3) is 10.8. The van der Waals surface area contributed by atoms with Gasteiger partial charge >= 0.3 is 0 Å². The Hall–Kier alpha value is -3.59. The highest BCUT2D eigenvalue weighted by Crippen LogP contribution is 2.28. The van der Waals surface area contributed by atoms with E-state index in [0.29, 0.717) is 25.0 Å². The first-order valence-electron chi connectivity index (χ1n) is 15.2. The van der Waals surface area contributed by atoms with E-state index in [1.165, 1.54) is 0 Å². The number of azide groups is 1. The number of aromatic amines is 1.